The van der Waals surface area contributed by atoms with E-state index in [4.69, 9.17) is 16.3 Å². The van der Waals surface area contributed by atoms with Crippen LogP contribution in [0, 0.1) is 0 Å². The molecule has 2 aromatic carbocycles. The Labute approximate surface area is 222 Å². The molecule has 2 aromatic rings. The molecule has 0 radical (unpaired) electrons. The molecule has 7 heteroatoms. The molecule has 0 atom stereocenters. The Hall–Kier alpha value is -2.18. The number of esters is 1. The molecule has 0 fully saturated rings. The van der Waals surface area contributed by atoms with Gasteiger partial charge >= 0.3 is 5.97 Å². The number of hydrogen-bond donors (Lipinski definition) is 1. The van der Waals surface area contributed by atoms with Crippen LogP contribution in [0.15, 0.2) is 52.0 Å². The summed E-state index contributed by atoms with van der Waals surface area (Å²) in [7, 11) is 0. The number of unbranched alkanes of at least 4 members (excludes halogenated alkanes) is 10. The van der Waals surface area contributed by atoms with Gasteiger partial charge in [-0.05, 0) is 36.8 Å². The highest BCUT2D eigenvalue weighted by Crippen LogP contribution is 2.24. The summed E-state index contributed by atoms with van der Waals surface area (Å²) in [5.41, 5.74) is 3.39. The van der Waals surface area contributed by atoms with Gasteiger partial charge in [-0.25, -0.2) is 10.2 Å². The molecule has 1 amide bonds. The van der Waals surface area contributed by atoms with Crippen LogP contribution in [0.4, 0.5) is 0 Å². The van der Waals surface area contributed by atoms with Gasteiger partial charge in [-0.1, -0.05) is 111 Å². The molecular formula is C28H36BrClN2O3. The number of nitrogens with zero attached hydrogens (tertiary/aromatic N) is 1. The highest BCUT2D eigenvalue weighted by Gasteiger charge is 2.14. The molecule has 5 nitrogen and oxygen atoms in total. The number of hydrazone groups is 1. The summed E-state index contributed by atoms with van der Waals surface area (Å²) in [6.07, 6.45) is 15.6. The molecule has 0 aliphatic heterocycles. The van der Waals surface area contributed by atoms with Crippen LogP contribution >= 0.6 is 27.5 Å². The van der Waals surface area contributed by atoms with Crippen LogP contribution in [-0.4, -0.2) is 18.1 Å². The Kier molecular flexibility index (Phi) is 14.3. The zero-order valence-corrected chi connectivity index (χ0v) is 22.9. The topological polar surface area (TPSA) is 67.8 Å². The molecule has 0 aromatic heterocycles. The van der Waals surface area contributed by atoms with E-state index in [1.54, 1.807) is 42.5 Å². The molecule has 0 saturated heterocycles. The number of amides is 1. The first-order chi connectivity index (χ1) is 17.0. The van der Waals surface area contributed by atoms with Crippen LogP contribution in [0.5, 0.6) is 5.75 Å². The average Bonchev–Trinajstić information content (AvgIpc) is 2.84. The number of hydrogen-bond acceptors (Lipinski definition) is 4. The Bertz CT molecular complexity index is 965. The molecule has 1 N–H and O–H groups in total. The lowest BCUT2D eigenvalue weighted by molar-refractivity contribution is -0.121. The number of rotatable bonds is 16. The number of carbonyl (C=O) groups is 2. The normalized spacial score (nSPS) is 11.1. The van der Waals surface area contributed by atoms with E-state index in [2.05, 4.69) is 33.4 Å². The first kappa shape index (κ1) is 29.1. The third kappa shape index (κ3) is 11.9. The van der Waals surface area contributed by atoms with Crippen molar-refractivity contribution in [3.63, 3.8) is 0 Å². The van der Waals surface area contributed by atoms with Crippen LogP contribution in [0.3, 0.4) is 0 Å². The second-order valence-corrected chi connectivity index (χ2v) is 9.95. The Morgan fingerprint density at radius 1 is 0.943 bits per heavy atom. The summed E-state index contributed by atoms with van der Waals surface area (Å²) in [6.45, 7) is 2.24. The molecular weight excluding hydrogens is 528 g/mol. The molecule has 0 saturated carbocycles. The van der Waals surface area contributed by atoms with Crippen LogP contribution < -0.4 is 10.2 Å². The minimum atomic E-state index is -0.562. The molecule has 0 heterocycles. The summed E-state index contributed by atoms with van der Waals surface area (Å²) in [5, 5.41) is 4.37. The third-order valence-corrected chi connectivity index (χ3v) is 6.49. The van der Waals surface area contributed by atoms with Crippen LogP contribution in [-0.2, 0) is 4.79 Å². The van der Waals surface area contributed by atoms with E-state index in [0.717, 1.165) is 17.3 Å². The van der Waals surface area contributed by atoms with Crippen molar-refractivity contribution >= 4 is 45.6 Å². The van der Waals surface area contributed by atoms with Crippen LogP contribution in [0.1, 0.15) is 99.9 Å². The van der Waals surface area contributed by atoms with Gasteiger partial charge in [0.2, 0.25) is 5.91 Å². The van der Waals surface area contributed by atoms with Crippen molar-refractivity contribution in [3.05, 3.63) is 63.1 Å². The fourth-order valence-electron chi connectivity index (χ4n) is 3.67. The van der Waals surface area contributed by atoms with E-state index in [1.807, 2.05) is 0 Å². The largest absolute Gasteiger partial charge is 0.422 e. The minimum Gasteiger partial charge on any atom is -0.422 e. The summed E-state index contributed by atoms with van der Waals surface area (Å²) >= 11 is 9.50. The zero-order valence-electron chi connectivity index (χ0n) is 20.5. The highest BCUT2D eigenvalue weighted by molar-refractivity contribution is 9.10. The van der Waals surface area contributed by atoms with E-state index in [9.17, 15) is 9.59 Å². The van der Waals surface area contributed by atoms with Gasteiger partial charge in [0.1, 0.15) is 5.75 Å². The van der Waals surface area contributed by atoms with E-state index in [1.165, 1.54) is 64.0 Å². The van der Waals surface area contributed by atoms with Crippen molar-refractivity contribution in [3.8, 4) is 5.75 Å². The van der Waals surface area contributed by atoms with Crippen molar-refractivity contribution in [2.75, 3.05) is 0 Å². The molecule has 0 aliphatic carbocycles. The van der Waals surface area contributed by atoms with E-state index in [0.29, 0.717) is 22.8 Å². The summed E-state index contributed by atoms with van der Waals surface area (Å²) in [6, 6.07) is 11.9. The van der Waals surface area contributed by atoms with Gasteiger partial charge in [-0.2, -0.15) is 5.10 Å². The molecule has 0 unspecified atom stereocenters. The minimum absolute atomic E-state index is 0.123. The van der Waals surface area contributed by atoms with E-state index < -0.39 is 5.97 Å². The summed E-state index contributed by atoms with van der Waals surface area (Å²) in [4.78, 5) is 24.6. The van der Waals surface area contributed by atoms with Crippen molar-refractivity contribution in [1.29, 1.82) is 0 Å². The van der Waals surface area contributed by atoms with E-state index in [-0.39, 0.29) is 11.5 Å². The van der Waals surface area contributed by atoms with E-state index >= 15 is 0 Å². The molecule has 2 rings (SSSR count). The van der Waals surface area contributed by atoms with Gasteiger partial charge in [0.05, 0.1) is 16.8 Å². The van der Waals surface area contributed by atoms with Gasteiger partial charge < -0.3 is 4.74 Å². The smallest absolute Gasteiger partial charge is 0.345 e. The first-order valence-corrected chi connectivity index (χ1v) is 13.8. The predicted octanol–water partition coefficient (Wildman–Crippen LogP) is 8.47. The van der Waals surface area contributed by atoms with Crippen molar-refractivity contribution in [2.45, 2.75) is 84.0 Å². The standard InChI is InChI=1S/C28H36BrClN2O3/c1-2-3-4-5-6-7-8-9-10-11-12-17-27(33)32-31-21-22-20-23(29)18-19-26(22)35-28(34)24-15-13-14-16-25(24)30/h13-16,18-21H,2-12,17H2,1H3,(H,32,33)/b31-21-. The maximum absolute atomic E-state index is 12.5. The third-order valence-electron chi connectivity index (χ3n) is 5.67. The Balaban J connectivity index is 1.71. The maximum Gasteiger partial charge on any atom is 0.345 e. The number of halogens is 2. The maximum atomic E-state index is 12.5. The lowest BCUT2D eigenvalue weighted by Crippen LogP contribution is -2.17. The highest BCUT2D eigenvalue weighted by atomic mass is 79.9. The SMILES string of the molecule is CCCCCCCCCCCCCC(=O)N/N=C\c1cc(Br)ccc1OC(=O)c1ccccc1Cl. The summed E-state index contributed by atoms with van der Waals surface area (Å²) in [5.74, 6) is -0.364. The molecule has 0 bridgehead atoms. The average molecular weight is 564 g/mol. The Morgan fingerprint density at radius 3 is 2.23 bits per heavy atom. The molecule has 35 heavy (non-hydrogen) atoms. The first-order valence-electron chi connectivity index (χ1n) is 12.6. The van der Waals surface area contributed by atoms with Gasteiger partial charge in [-0.15, -0.1) is 0 Å². The van der Waals surface area contributed by atoms with Crippen molar-refractivity contribution < 1.29 is 14.3 Å². The number of ether oxygens (including phenoxy) is 1. The van der Waals surface area contributed by atoms with Gasteiger partial charge in [0, 0.05) is 16.5 Å². The van der Waals surface area contributed by atoms with Crippen molar-refractivity contribution in [2.24, 2.45) is 5.10 Å². The Morgan fingerprint density at radius 2 is 1.57 bits per heavy atom. The fraction of sp³-hybridized carbons (Fsp3) is 0.464. The molecule has 190 valence electrons. The second kappa shape index (κ2) is 17.3. The summed E-state index contributed by atoms with van der Waals surface area (Å²) < 4.78 is 6.32. The quantitative estimate of drug-likeness (QED) is 0.0732. The van der Waals surface area contributed by atoms with Gasteiger partial charge in [0.25, 0.3) is 0 Å². The lowest BCUT2D eigenvalue weighted by atomic mass is 10.1. The molecule has 0 aliphatic rings. The van der Waals surface area contributed by atoms with Crippen LogP contribution in [0.2, 0.25) is 5.02 Å². The van der Waals surface area contributed by atoms with Crippen LogP contribution in [0.25, 0.3) is 0 Å². The fourth-order valence-corrected chi connectivity index (χ4v) is 4.27. The van der Waals surface area contributed by atoms with Gasteiger partial charge in [-0.3, -0.25) is 4.79 Å². The van der Waals surface area contributed by atoms with Crippen molar-refractivity contribution in [1.82, 2.24) is 5.43 Å². The number of benzene rings is 2. The molecule has 0 spiro atoms. The number of carbonyl (C=O) groups excluding carboxylic acids is 2. The zero-order chi connectivity index (χ0) is 25.3. The van der Waals surface area contributed by atoms with Gasteiger partial charge in [0.15, 0.2) is 0 Å². The predicted molar refractivity (Wildman–Crippen MR) is 147 cm³/mol. The number of nitrogens with one attached hydrogen (secondary N) is 1. The second-order valence-electron chi connectivity index (χ2n) is 8.63. The monoisotopic (exact) mass is 562 g/mol. The lowest BCUT2D eigenvalue weighted by Gasteiger charge is -2.09.